The first-order valence-corrected chi connectivity index (χ1v) is 11.9. The largest absolute Gasteiger partial charge is 0.353 e. The Morgan fingerprint density at radius 3 is 2.70 bits per heavy atom. The smallest absolute Gasteiger partial charge is 0.278 e. The van der Waals surface area contributed by atoms with Crippen LogP contribution < -0.4 is 5.56 Å². The third-order valence-electron chi connectivity index (χ3n) is 4.96. The van der Waals surface area contributed by atoms with E-state index >= 15 is 0 Å². The van der Waals surface area contributed by atoms with Gasteiger partial charge in [-0.25, -0.2) is 4.98 Å². The first kappa shape index (κ1) is 20.7. The molecule has 7 nitrogen and oxygen atoms in total. The molecule has 156 valence electrons. The number of hydrogen-bond acceptors (Lipinski definition) is 7. The van der Waals surface area contributed by atoms with Gasteiger partial charge in [-0.1, -0.05) is 23.8 Å². The molecule has 0 saturated heterocycles. The van der Waals surface area contributed by atoms with Crippen LogP contribution in [0.1, 0.15) is 37.9 Å². The van der Waals surface area contributed by atoms with E-state index in [0.29, 0.717) is 33.7 Å². The fourth-order valence-electron chi connectivity index (χ4n) is 3.16. The summed E-state index contributed by atoms with van der Waals surface area (Å²) in [6, 6.07) is 9.97. The fraction of sp³-hybridized carbons (Fsp3) is 0.333. The van der Waals surface area contributed by atoms with Crippen molar-refractivity contribution in [2.45, 2.75) is 49.0 Å². The molecule has 0 aliphatic carbocycles. The van der Waals surface area contributed by atoms with Crippen LogP contribution in [0.5, 0.6) is 0 Å². The van der Waals surface area contributed by atoms with Gasteiger partial charge in [0.2, 0.25) is 11.7 Å². The summed E-state index contributed by atoms with van der Waals surface area (Å²) in [7, 11) is 0. The van der Waals surface area contributed by atoms with E-state index < -0.39 is 0 Å². The molecule has 4 rings (SSSR count). The van der Waals surface area contributed by atoms with E-state index in [4.69, 9.17) is 9.51 Å². The van der Waals surface area contributed by atoms with Gasteiger partial charge in [-0.2, -0.15) is 4.98 Å². The molecule has 3 heterocycles. The van der Waals surface area contributed by atoms with Gasteiger partial charge < -0.3 is 9.51 Å². The lowest BCUT2D eigenvalue weighted by molar-refractivity contribution is 0.391. The van der Waals surface area contributed by atoms with Crippen LogP contribution in [0.4, 0.5) is 0 Å². The quantitative estimate of drug-likeness (QED) is 0.316. The van der Waals surface area contributed by atoms with Gasteiger partial charge in [-0.15, -0.1) is 11.8 Å². The van der Waals surface area contributed by atoms with E-state index in [1.807, 2.05) is 50.4 Å². The van der Waals surface area contributed by atoms with Crippen molar-refractivity contribution >= 4 is 34.6 Å². The summed E-state index contributed by atoms with van der Waals surface area (Å²) in [4.78, 5) is 26.6. The highest BCUT2D eigenvalue weighted by molar-refractivity contribution is 7.98. The van der Waals surface area contributed by atoms with Gasteiger partial charge in [0.15, 0.2) is 5.16 Å². The van der Waals surface area contributed by atoms with E-state index in [1.54, 1.807) is 16.3 Å². The molecule has 0 saturated carbocycles. The van der Waals surface area contributed by atoms with Gasteiger partial charge in [0.05, 0.1) is 11.3 Å². The maximum Gasteiger partial charge on any atom is 0.278 e. The molecule has 1 aromatic carbocycles. The number of aryl methyl sites for hydroxylation is 1. The van der Waals surface area contributed by atoms with E-state index in [9.17, 15) is 4.79 Å². The molecule has 30 heavy (non-hydrogen) atoms. The second-order valence-electron chi connectivity index (χ2n) is 7.07. The third-order valence-corrected chi connectivity index (χ3v) is 6.64. The SMILES string of the molecule is CCC(C)n1c(SCc2nc(-c3ccc(SC)cc3)no2)nc2cc(C)[nH]c2c1=O. The second kappa shape index (κ2) is 8.69. The lowest BCUT2D eigenvalue weighted by Crippen LogP contribution is -2.26. The molecule has 0 bridgehead atoms. The van der Waals surface area contributed by atoms with E-state index in [-0.39, 0.29) is 11.6 Å². The number of aromatic amines is 1. The van der Waals surface area contributed by atoms with Crippen LogP contribution in [0, 0.1) is 6.92 Å². The summed E-state index contributed by atoms with van der Waals surface area (Å²) in [6.07, 6.45) is 2.87. The van der Waals surface area contributed by atoms with Crippen molar-refractivity contribution in [3.8, 4) is 11.4 Å². The van der Waals surface area contributed by atoms with Crippen LogP contribution in [-0.4, -0.2) is 30.9 Å². The molecule has 4 aromatic rings. The summed E-state index contributed by atoms with van der Waals surface area (Å²) in [6.45, 7) is 6.01. The van der Waals surface area contributed by atoms with Crippen LogP contribution in [-0.2, 0) is 5.75 Å². The van der Waals surface area contributed by atoms with Crippen LogP contribution in [0.2, 0.25) is 0 Å². The van der Waals surface area contributed by atoms with Gasteiger partial charge in [-0.05, 0) is 56.9 Å². The highest BCUT2D eigenvalue weighted by Gasteiger charge is 2.18. The third kappa shape index (κ3) is 4.04. The zero-order chi connectivity index (χ0) is 21.3. The average Bonchev–Trinajstić information content (AvgIpc) is 3.38. The number of hydrogen-bond donors (Lipinski definition) is 1. The van der Waals surface area contributed by atoms with Crippen LogP contribution in [0.15, 0.2) is 49.7 Å². The van der Waals surface area contributed by atoms with Crippen molar-refractivity contribution in [3.05, 3.63) is 52.3 Å². The summed E-state index contributed by atoms with van der Waals surface area (Å²) < 4.78 is 7.19. The Bertz CT molecular complexity index is 1230. The molecule has 0 radical (unpaired) electrons. The van der Waals surface area contributed by atoms with Crippen LogP contribution >= 0.6 is 23.5 Å². The van der Waals surface area contributed by atoms with Crippen molar-refractivity contribution in [2.24, 2.45) is 0 Å². The molecule has 0 amide bonds. The molecule has 1 N–H and O–H groups in total. The summed E-state index contributed by atoms with van der Waals surface area (Å²) in [5.41, 5.74) is 3.00. The van der Waals surface area contributed by atoms with Crippen molar-refractivity contribution in [1.29, 1.82) is 0 Å². The molecule has 0 aliphatic rings. The molecule has 1 atom stereocenters. The zero-order valence-electron chi connectivity index (χ0n) is 17.3. The van der Waals surface area contributed by atoms with Crippen molar-refractivity contribution in [3.63, 3.8) is 0 Å². The Morgan fingerprint density at radius 2 is 2.00 bits per heavy atom. The molecular weight excluding hydrogens is 418 g/mol. The number of aromatic nitrogens is 5. The Morgan fingerprint density at radius 1 is 1.23 bits per heavy atom. The van der Waals surface area contributed by atoms with Crippen molar-refractivity contribution in [2.75, 3.05) is 6.26 Å². The number of thioether (sulfide) groups is 2. The standard InChI is InChI=1S/C21H23N5O2S2/c1-5-13(3)26-20(27)18-16(10-12(2)22-18)23-21(26)30-11-17-24-19(25-28-17)14-6-8-15(29-4)9-7-14/h6-10,13,22H,5,11H2,1-4H3. The average molecular weight is 442 g/mol. The maximum absolute atomic E-state index is 13.0. The number of rotatable bonds is 7. The Kier molecular flexibility index (Phi) is 6.01. The van der Waals surface area contributed by atoms with E-state index in [1.165, 1.54) is 16.7 Å². The van der Waals surface area contributed by atoms with Gasteiger partial charge in [0.25, 0.3) is 5.56 Å². The van der Waals surface area contributed by atoms with Gasteiger partial charge in [0, 0.05) is 22.2 Å². The Labute approximate surface area is 182 Å². The molecule has 9 heteroatoms. The van der Waals surface area contributed by atoms with Crippen LogP contribution in [0.25, 0.3) is 22.4 Å². The predicted molar refractivity (Wildman–Crippen MR) is 121 cm³/mol. The van der Waals surface area contributed by atoms with E-state index in [0.717, 1.165) is 17.7 Å². The molecule has 0 spiro atoms. The minimum atomic E-state index is -0.0509. The lowest BCUT2D eigenvalue weighted by atomic mass is 10.2. The molecular formula is C21H23N5O2S2. The molecule has 0 fully saturated rings. The monoisotopic (exact) mass is 441 g/mol. The van der Waals surface area contributed by atoms with Crippen molar-refractivity contribution in [1.82, 2.24) is 24.7 Å². The first-order chi connectivity index (χ1) is 14.5. The summed E-state index contributed by atoms with van der Waals surface area (Å²) in [5.74, 6) is 1.50. The van der Waals surface area contributed by atoms with Gasteiger partial charge >= 0.3 is 0 Å². The molecule has 1 unspecified atom stereocenters. The van der Waals surface area contributed by atoms with Gasteiger partial charge in [-0.3, -0.25) is 9.36 Å². The number of fused-ring (bicyclic) bond motifs is 1. The highest BCUT2D eigenvalue weighted by atomic mass is 32.2. The fourth-order valence-corrected chi connectivity index (χ4v) is 4.50. The summed E-state index contributed by atoms with van der Waals surface area (Å²) >= 11 is 3.12. The number of benzene rings is 1. The second-order valence-corrected chi connectivity index (χ2v) is 8.89. The summed E-state index contributed by atoms with van der Waals surface area (Å²) in [5, 5.41) is 4.76. The number of nitrogens with one attached hydrogen (secondary N) is 1. The topological polar surface area (TPSA) is 89.6 Å². The molecule has 0 aliphatic heterocycles. The van der Waals surface area contributed by atoms with E-state index in [2.05, 4.69) is 22.0 Å². The zero-order valence-corrected chi connectivity index (χ0v) is 18.9. The van der Waals surface area contributed by atoms with Crippen LogP contribution in [0.3, 0.4) is 0 Å². The molecule has 3 aromatic heterocycles. The Balaban J connectivity index is 1.60. The highest BCUT2D eigenvalue weighted by Crippen LogP contribution is 2.26. The minimum absolute atomic E-state index is 0.0358. The van der Waals surface area contributed by atoms with Gasteiger partial charge in [0.1, 0.15) is 5.52 Å². The predicted octanol–water partition coefficient (Wildman–Crippen LogP) is 5.07. The normalized spacial score (nSPS) is 12.5. The Hall–Kier alpha value is -2.52. The number of H-pyrrole nitrogens is 1. The maximum atomic E-state index is 13.0. The van der Waals surface area contributed by atoms with Crippen molar-refractivity contribution < 1.29 is 4.52 Å². The number of nitrogens with zero attached hydrogens (tertiary/aromatic N) is 4. The minimum Gasteiger partial charge on any atom is -0.353 e. The lowest BCUT2D eigenvalue weighted by Gasteiger charge is -2.16. The first-order valence-electron chi connectivity index (χ1n) is 9.71.